The first-order valence-electron chi connectivity index (χ1n) is 41.1. The lowest BCUT2D eigenvalue weighted by Crippen LogP contribution is -2.38. The lowest BCUT2D eigenvalue weighted by Gasteiger charge is -2.26. The Bertz CT molecular complexity index is 6420. The van der Waals surface area contributed by atoms with Crippen molar-refractivity contribution in [2.24, 2.45) is 28.2 Å². The molecule has 131 heavy (non-hydrogen) atoms. The highest BCUT2D eigenvalue weighted by molar-refractivity contribution is 6.07. The standard InChI is InChI=1S/C25H26N6O3.C24H22N6O3.2C22H23N7O3/c1-16-10-17(12-26-11-16)19-6-5-7-21(28-19)24(32)29-22-14-31(4)30-23(22)20-9-8-18(13-27-20)34-15-25(2,3)33;1-15-8-16(10-25-9-15)19-4-3-5-21(27-19)24(31)28-22-12-30(2)29-23(22)20-7-6-17(11-26-20)33-18-13-32-14-18;1-22(2,31)13-32-15-7-8-17(23-11-15)20-19(12-29(3)28-20)27-21(30)18-6-4-5-16(26-18)14-9-24-25-10-14;1-22(2,31)13-32-14-7-8-17(23-11-14)20-19(12-29(3)28-20)26-21(30)18-6-4-5-15(25-18)16-9-10-24-27-16/h5-14,33H,15H2,1-4H3,(H,29,32);3-12,18H,13-14H2,1-2H3,(H,28,31);4-12,31H,13H2,1-3H3,(H,24,25)(H,27,30);4-12,31H,13H2,1-3H3,(H,24,27)(H,26,30). The zero-order valence-electron chi connectivity index (χ0n) is 73.5. The number of nitrogens with zero attached hydrogens (tertiary/aromatic N) is 20. The molecule has 1 saturated heterocycles. The van der Waals surface area contributed by atoms with Gasteiger partial charge in [0, 0.05) is 107 Å². The summed E-state index contributed by atoms with van der Waals surface area (Å²) in [5.41, 5.74) is 12.6. The zero-order valence-corrected chi connectivity index (χ0v) is 73.5. The molecule has 1 aliphatic rings. The smallest absolute Gasteiger partial charge is 0.274 e. The molecule has 38 nitrogen and oxygen atoms in total. The van der Waals surface area contributed by atoms with Gasteiger partial charge in [-0.15, -0.1) is 0 Å². The van der Waals surface area contributed by atoms with Crippen LogP contribution in [0.3, 0.4) is 0 Å². The maximum absolute atomic E-state index is 13.0. The molecule has 0 unspecified atom stereocenters. The highest BCUT2D eigenvalue weighted by Crippen LogP contribution is 2.33. The zero-order chi connectivity index (χ0) is 92.5. The molecule has 9 N–H and O–H groups in total. The molecule has 0 saturated carbocycles. The highest BCUT2D eigenvalue weighted by Gasteiger charge is 2.26. The van der Waals surface area contributed by atoms with Crippen LogP contribution in [0.2, 0.25) is 0 Å². The van der Waals surface area contributed by atoms with Crippen LogP contribution in [0.1, 0.15) is 94.6 Å². The van der Waals surface area contributed by atoms with Gasteiger partial charge in [-0.1, -0.05) is 24.3 Å². The molecule has 0 bridgehead atoms. The van der Waals surface area contributed by atoms with Gasteiger partial charge in [-0.05, 0) is 182 Å². The largest absolute Gasteiger partial charge is 0.489 e. The summed E-state index contributed by atoms with van der Waals surface area (Å²) in [4.78, 5) is 95.6. The summed E-state index contributed by atoms with van der Waals surface area (Å²) < 4.78 is 33.9. The van der Waals surface area contributed by atoms with E-state index in [1.807, 2.05) is 56.3 Å². The van der Waals surface area contributed by atoms with Crippen LogP contribution in [0.5, 0.6) is 23.0 Å². The third kappa shape index (κ3) is 25.1. The van der Waals surface area contributed by atoms with Crippen molar-refractivity contribution in [3.8, 4) is 114 Å². The molecular weight excluding hydrogens is 1670 g/mol. The molecule has 1 fully saturated rings. The van der Waals surface area contributed by atoms with Crippen LogP contribution in [0.25, 0.3) is 90.7 Å². The van der Waals surface area contributed by atoms with Crippen molar-refractivity contribution in [1.82, 2.24) is 109 Å². The molecule has 1 aliphatic heterocycles. The van der Waals surface area contributed by atoms with Crippen LogP contribution in [-0.2, 0) is 32.9 Å². The maximum Gasteiger partial charge on any atom is 0.274 e. The van der Waals surface area contributed by atoms with Gasteiger partial charge in [0.05, 0.1) is 135 Å². The van der Waals surface area contributed by atoms with E-state index in [2.05, 4.69) is 112 Å². The normalized spacial score (nSPS) is 11.9. The Balaban J connectivity index is 0.000000141. The molecule has 17 heterocycles. The van der Waals surface area contributed by atoms with Crippen LogP contribution in [0.15, 0.2) is 232 Å². The number of hydrogen-bond donors (Lipinski definition) is 9. The Morgan fingerprint density at radius 3 is 1.03 bits per heavy atom. The van der Waals surface area contributed by atoms with Gasteiger partial charge >= 0.3 is 0 Å². The first kappa shape index (κ1) is 90.9. The van der Waals surface area contributed by atoms with E-state index in [1.54, 1.807) is 278 Å². The number of aryl methyl sites for hydroxylation is 6. The lowest BCUT2D eigenvalue weighted by atomic mass is 10.1. The number of aromatic amines is 2. The second-order valence-corrected chi connectivity index (χ2v) is 32.3. The van der Waals surface area contributed by atoms with E-state index >= 15 is 0 Å². The quantitative estimate of drug-likeness (QED) is 0.0231. The van der Waals surface area contributed by atoms with Gasteiger partial charge < -0.3 is 60.3 Å². The summed E-state index contributed by atoms with van der Waals surface area (Å²) in [5, 5.41) is 72.1. The summed E-state index contributed by atoms with van der Waals surface area (Å²) in [5.74, 6) is 0.813. The highest BCUT2D eigenvalue weighted by atomic mass is 16.6. The minimum absolute atomic E-state index is 0.0706. The molecule has 38 heteroatoms. The Hall–Kier alpha value is -16.3. The van der Waals surface area contributed by atoms with Crippen LogP contribution < -0.4 is 40.2 Å². The molecule has 0 aliphatic carbocycles. The maximum atomic E-state index is 13.0. The second kappa shape index (κ2) is 40.5. The number of nitrogens with one attached hydrogen (secondary N) is 6. The van der Waals surface area contributed by atoms with E-state index in [0.717, 1.165) is 33.5 Å². The second-order valence-electron chi connectivity index (χ2n) is 32.3. The number of rotatable bonds is 27. The third-order valence-electron chi connectivity index (χ3n) is 18.7. The molecule has 0 atom stereocenters. The number of hydrogen-bond acceptors (Lipinski definition) is 28. The van der Waals surface area contributed by atoms with E-state index in [0.29, 0.717) is 133 Å². The van der Waals surface area contributed by atoms with Crippen molar-refractivity contribution < 1.29 is 58.2 Å². The molecule has 0 radical (unpaired) electrons. The number of carbonyl (C=O) groups is 4. The molecule has 17 rings (SSSR count). The Morgan fingerprint density at radius 2 is 0.740 bits per heavy atom. The first-order chi connectivity index (χ1) is 62.8. The monoisotopic (exact) mass is 1770 g/mol. The minimum Gasteiger partial charge on any atom is -0.489 e. The number of H-pyrrole nitrogens is 2. The molecule has 0 spiro atoms. The molecule has 668 valence electrons. The van der Waals surface area contributed by atoms with Crippen molar-refractivity contribution in [3.63, 3.8) is 0 Å². The summed E-state index contributed by atoms with van der Waals surface area (Å²) in [6.45, 7) is 15.5. The van der Waals surface area contributed by atoms with Gasteiger partial charge in [0.15, 0.2) is 0 Å². The summed E-state index contributed by atoms with van der Waals surface area (Å²) in [6.07, 6.45) is 25.2. The fraction of sp³-hybridized carbons (Fsp3) is 0.226. The Morgan fingerprint density at radius 1 is 0.405 bits per heavy atom. The van der Waals surface area contributed by atoms with Crippen molar-refractivity contribution in [3.05, 3.63) is 266 Å². The summed E-state index contributed by atoms with van der Waals surface area (Å²) in [6, 6.07) is 40.9. The molecular formula is C93H94N26O12. The van der Waals surface area contributed by atoms with Gasteiger partial charge in [0.25, 0.3) is 23.6 Å². The number of pyridine rings is 10. The third-order valence-corrected chi connectivity index (χ3v) is 18.7. The van der Waals surface area contributed by atoms with Gasteiger partial charge in [-0.3, -0.25) is 78.0 Å². The molecule has 0 aromatic carbocycles. The summed E-state index contributed by atoms with van der Waals surface area (Å²) >= 11 is 0. The fourth-order valence-electron chi connectivity index (χ4n) is 12.5. The van der Waals surface area contributed by atoms with Crippen LogP contribution in [-0.4, -0.2) is 204 Å². The predicted molar refractivity (Wildman–Crippen MR) is 486 cm³/mol. The molecule has 4 amide bonds. The number of aromatic nitrogens is 22. The summed E-state index contributed by atoms with van der Waals surface area (Å²) in [7, 11) is 7.08. The SMILES string of the molecule is Cc1cncc(-c2cccc(C(=O)Nc3cn(C)nc3-c3ccc(OC4COC4)cn3)n2)c1.Cc1cncc(-c2cccc(C(=O)Nc3cn(C)nc3-c3ccc(OCC(C)(C)O)cn3)n2)c1.Cn1cc(NC(=O)c2cccc(-c3ccn[nH]3)n2)c(-c2ccc(OCC(C)(C)O)cn2)n1.Cn1cc(NC(=O)c2cccc(-c3cn[nH]c3)n2)c(-c2ccc(OCC(C)(C)O)cn2)n1. The topological polar surface area (TPSA) is 481 Å². The van der Waals surface area contributed by atoms with Gasteiger partial charge in [0.1, 0.15) is 94.5 Å². The average molecular weight is 1770 g/mol. The van der Waals surface area contributed by atoms with E-state index in [4.69, 9.17) is 23.7 Å². The fourth-order valence-corrected chi connectivity index (χ4v) is 12.5. The first-order valence-corrected chi connectivity index (χ1v) is 41.1. The van der Waals surface area contributed by atoms with Crippen LogP contribution in [0.4, 0.5) is 22.7 Å². The van der Waals surface area contributed by atoms with Crippen molar-refractivity contribution in [2.75, 3.05) is 54.3 Å². The number of amides is 4. The Labute approximate surface area is 751 Å². The van der Waals surface area contributed by atoms with Gasteiger partial charge in [-0.25, -0.2) is 19.9 Å². The number of ether oxygens (including phenoxy) is 5. The lowest BCUT2D eigenvalue weighted by molar-refractivity contribution is -0.0797. The van der Waals surface area contributed by atoms with Crippen molar-refractivity contribution in [2.45, 2.75) is 78.3 Å². The van der Waals surface area contributed by atoms with E-state index in [-0.39, 0.29) is 66.6 Å². The average Bonchev–Trinajstić information content (AvgIpc) is 1.76. The van der Waals surface area contributed by atoms with Crippen LogP contribution in [0, 0.1) is 13.8 Å². The van der Waals surface area contributed by atoms with Gasteiger partial charge in [0.2, 0.25) is 0 Å². The Kier molecular flexibility index (Phi) is 28.1. The molecule has 16 aromatic rings. The number of carbonyl (C=O) groups excluding carboxylic acids is 4. The van der Waals surface area contributed by atoms with Crippen molar-refractivity contribution in [1.29, 1.82) is 0 Å². The van der Waals surface area contributed by atoms with E-state index in [9.17, 15) is 34.5 Å². The minimum atomic E-state index is -0.946. The van der Waals surface area contributed by atoms with E-state index < -0.39 is 16.8 Å². The van der Waals surface area contributed by atoms with E-state index in [1.165, 1.54) is 0 Å². The van der Waals surface area contributed by atoms with Gasteiger partial charge in [-0.2, -0.15) is 30.6 Å². The number of anilines is 4. The number of aliphatic hydroxyl groups is 3. The van der Waals surface area contributed by atoms with Crippen LogP contribution >= 0.6 is 0 Å². The van der Waals surface area contributed by atoms with Crippen molar-refractivity contribution >= 4 is 46.4 Å². The molecule has 16 aromatic heterocycles. The predicted octanol–water partition coefficient (Wildman–Crippen LogP) is 12.3.